The Morgan fingerprint density at radius 2 is 2.25 bits per heavy atom. The van der Waals surface area contributed by atoms with E-state index >= 15 is 0 Å². The van der Waals surface area contributed by atoms with Gasteiger partial charge in [-0.15, -0.1) is 0 Å². The third-order valence-corrected chi connectivity index (χ3v) is 3.73. The van der Waals surface area contributed by atoms with Gasteiger partial charge in [-0.05, 0) is 12.1 Å². The van der Waals surface area contributed by atoms with Crippen LogP contribution in [-0.2, 0) is 18.4 Å². The van der Waals surface area contributed by atoms with E-state index in [9.17, 15) is 9.18 Å². The van der Waals surface area contributed by atoms with Crippen molar-refractivity contribution in [3.05, 3.63) is 42.0 Å². The number of imidazole rings is 1. The molecule has 7 heteroatoms. The summed E-state index contributed by atoms with van der Waals surface area (Å²) in [5.74, 6) is -0.664. The zero-order valence-electron chi connectivity index (χ0n) is 10.8. The average Bonchev–Trinajstić information content (AvgIpc) is 2.79. The third-order valence-electron chi connectivity index (χ3n) is 2.68. The Hall–Kier alpha value is -1.86. The van der Waals surface area contributed by atoms with Crippen molar-refractivity contribution in [2.75, 3.05) is 11.1 Å². The highest BCUT2D eigenvalue weighted by Crippen LogP contribution is 2.18. The lowest BCUT2D eigenvalue weighted by atomic mass is 10.3. The summed E-state index contributed by atoms with van der Waals surface area (Å²) in [5.41, 5.74) is 0.830. The van der Waals surface area contributed by atoms with Gasteiger partial charge in [-0.1, -0.05) is 23.9 Å². The molecule has 0 aliphatic rings. The third kappa shape index (κ3) is 3.37. The number of aliphatic hydroxyl groups excluding tert-OH is 1. The van der Waals surface area contributed by atoms with Crippen LogP contribution < -0.4 is 5.32 Å². The first kappa shape index (κ1) is 14.5. The zero-order chi connectivity index (χ0) is 14.5. The lowest BCUT2D eigenvalue weighted by Gasteiger charge is -2.06. The molecule has 2 rings (SSSR count). The van der Waals surface area contributed by atoms with E-state index in [4.69, 9.17) is 5.11 Å². The molecule has 2 aromatic rings. The first-order chi connectivity index (χ1) is 9.61. The second-order valence-corrected chi connectivity index (χ2v) is 5.01. The number of benzene rings is 1. The molecule has 5 nitrogen and oxygen atoms in total. The fraction of sp³-hybridized carbons (Fsp3) is 0.231. The van der Waals surface area contributed by atoms with Crippen LogP contribution in [0.15, 0.2) is 35.6 Å². The monoisotopic (exact) mass is 295 g/mol. The number of halogens is 1. The molecule has 1 aromatic heterocycles. The normalized spacial score (nSPS) is 10.6. The summed E-state index contributed by atoms with van der Waals surface area (Å²) in [6.07, 6.45) is 1.55. The van der Waals surface area contributed by atoms with E-state index in [-0.39, 0.29) is 24.0 Å². The Bertz CT molecular complexity index is 615. The molecule has 106 valence electrons. The number of aliphatic hydroxyl groups is 1. The second kappa shape index (κ2) is 6.53. The van der Waals surface area contributed by atoms with Gasteiger partial charge in [-0.25, -0.2) is 9.37 Å². The van der Waals surface area contributed by atoms with Crippen molar-refractivity contribution in [3.63, 3.8) is 0 Å². The van der Waals surface area contributed by atoms with Crippen molar-refractivity contribution in [2.45, 2.75) is 11.8 Å². The summed E-state index contributed by atoms with van der Waals surface area (Å²) in [5, 5.41) is 12.2. The molecular formula is C13H14FN3O2S. The maximum absolute atomic E-state index is 13.4. The Balaban J connectivity index is 1.92. The summed E-state index contributed by atoms with van der Waals surface area (Å²) >= 11 is 1.22. The molecule has 0 aliphatic carbocycles. The number of rotatable bonds is 5. The van der Waals surface area contributed by atoms with Crippen molar-refractivity contribution in [1.29, 1.82) is 0 Å². The predicted octanol–water partition coefficient (Wildman–Crippen LogP) is 1.78. The number of amides is 1. The molecule has 0 radical (unpaired) electrons. The Morgan fingerprint density at radius 3 is 2.90 bits per heavy atom. The zero-order valence-corrected chi connectivity index (χ0v) is 11.7. The molecule has 2 N–H and O–H groups in total. The summed E-state index contributed by atoms with van der Waals surface area (Å²) in [4.78, 5) is 15.8. The van der Waals surface area contributed by atoms with Crippen LogP contribution >= 0.6 is 11.8 Å². The summed E-state index contributed by atoms with van der Waals surface area (Å²) < 4.78 is 15.1. The maximum atomic E-state index is 13.4. The molecule has 0 saturated carbocycles. The van der Waals surface area contributed by atoms with Crippen LogP contribution in [0.4, 0.5) is 10.1 Å². The van der Waals surface area contributed by atoms with E-state index in [1.54, 1.807) is 29.9 Å². The highest BCUT2D eigenvalue weighted by molar-refractivity contribution is 7.99. The molecule has 1 amide bonds. The average molecular weight is 295 g/mol. The van der Waals surface area contributed by atoms with Crippen LogP contribution in [-0.4, -0.2) is 26.3 Å². The van der Waals surface area contributed by atoms with Crippen LogP contribution in [0.5, 0.6) is 0 Å². The van der Waals surface area contributed by atoms with Crippen LogP contribution in [0.1, 0.15) is 5.69 Å². The standard InChI is InChI=1S/C13H14FN3O2S/c1-17-9(7-18)6-15-13(17)20-8-12(19)16-11-5-3-2-4-10(11)14/h2-6,18H,7-8H2,1H3,(H,16,19). The van der Waals surface area contributed by atoms with Gasteiger partial charge in [-0.3, -0.25) is 4.79 Å². The number of aromatic nitrogens is 2. The lowest BCUT2D eigenvalue weighted by molar-refractivity contribution is -0.113. The van der Waals surface area contributed by atoms with Crippen LogP contribution in [0.3, 0.4) is 0 Å². The molecule has 20 heavy (non-hydrogen) atoms. The Kier molecular flexibility index (Phi) is 4.75. The van der Waals surface area contributed by atoms with Gasteiger partial charge >= 0.3 is 0 Å². The largest absolute Gasteiger partial charge is 0.390 e. The fourth-order valence-electron chi connectivity index (χ4n) is 1.59. The predicted molar refractivity (Wildman–Crippen MR) is 74.9 cm³/mol. The second-order valence-electron chi connectivity index (χ2n) is 4.07. The molecule has 0 aliphatic heterocycles. The highest BCUT2D eigenvalue weighted by Gasteiger charge is 2.10. The SMILES string of the molecule is Cn1c(CO)cnc1SCC(=O)Nc1ccccc1F. The van der Waals surface area contributed by atoms with Gasteiger partial charge < -0.3 is 15.0 Å². The lowest BCUT2D eigenvalue weighted by Crippen LogP contribution is -2.15. The maximum Gasteiger partial charge on any atom is 0.234 e. The molecule has 0 fully saturated rings. The first-order valence-corrected chi connectivity index (χ1v) is 6.89. The van der Waals surface area contributed by atoms with Crippen LogP contribution in [0.2, 0.25) is 0 Å². The van der Waals surface area contributed by atoms with Gasteiger partial charge in [0.15, 0.2) is 5.16 Å². The molecule has 0 spiro atoms. The molecule has 0 bridgehead atoms. The number of anilines is 1. The molecular weight excluding hydrogens is 281 g/mol. The number of para-hydroxylation sites is 1. The van der Waals surface area contributed by atoms with Crippen LogP contribution in [0, 0.1) is 5.82 Å². The van der Waals surface area contributed by atoms with E-state index in [1.165, 1.54) is 23.9 Å². The number of nitrogens with zero attached hydrogens (tertiary/aromatic N) is 2. The van der Waals surface area contributed by atoms with E-state index in [0.29, 0.717) is 10.9 Å². The van der Waals surface area contributed by atoms with Gasteiger partial charge in [0.2, 0.25) is 5.91 Å². The number of hydrogen-bond donors (Lipinski definition) is 2. The minimum atomic E-state index is -0.467. The minimum absolute atomic E-state index is 0.106. The minimum Gasteiger partial charge on any atom is -0.390 e. The molecule has 0 atom stereocenters. The number of hydrogen-bond acceptors (Lipinski definition) is 4. The fourth-order valence-corrected chi connectivity index (χ4v) is 2.36. The quantitative estimate of drug-likeness (QED) is 0.825. The van der Waals surface area contributed by atoms with Gasteiger partial charge in [0.1, 0.15) is 5.82 Å². The van der Waals surface area contributed by atoms with E-state index in [2.05, 4.69) is 10.3 Å². The summed E-state index contributed by atoms with van der Waals surface area (Å²) in [7, 11) is 1.76. The van der Waals surface area contributed by atoms with Crippen molar-refractivity contribution in [3.8, 4) is 0 Å². The van der Waals surface area contributed by atoms with Crippen molar-refractivity contribution in [1.82, 2.24) is 9.55 Å². The molecule has 1 heterocycles. The number of carbonyl (C=O) groups is 1. The topological polar surface area (TPSA) is 67.1 Å². The Labute approximate surface area is 119 Å². The smallest absolute Gasteiger partial charge is 0.234 e. The molecule has 0 unspecified atom stereocenters. The van der Waals surface area contributed by atoms with Crippen molar-refractivity contribution >= 4 is 23.4 Å². The number of nitrogens with one attached hydrogen (secondary N) is 1. The Morgan fingerprint density at radius 1 is 1.50 bits per heavy atom. The number of thioether (sulfide) groups is 1. The summed E-state index contributed by atoms with van der Waals surface area (Å²) in [6.45, 7) is -0.106. The van der Waals surface area contributed by atoms with Crippen LogP contribution in [0.25, 0.3) is 0 Å². The number of carbonyl (C=O) groups excluding carboxylic acids is 1. The van der Waals surface area contributed by atoms with Crippen molar-refractivity contribution in [2.24, 2.45) is 7.05 Å². The first-order valence-electron chi connectivity index (χ1n) is 5.90. The molecule has 1 aromatic carbocycles. The van der Waals surface area contributed by atoms with Gasteiger partial charge in [0.25, 0.3) is 0 Å². The highest BCUT2D eigenvalue weighted by atomic mass is 32.2. The van der Waals surface area contributed by atoms with Gasteiger partial charge in [0.05, 0.1) is 29.9 Å². The van der Waals surface area contributed by atoms with Crippen molar-refractivity contribution < 1.29 is 14.3 Å². The van der Waals surface area contributed by atoms with Gasteiger partial charge in [-0.2, -0.15) is 0 Å². The van der Waals surface area contributed by atoms with Gasteiger partial charge in [0, 0.05) is 7.05 Å². The molecule has 0 saturated heterocycles. The van der Waals surface area contributed by atoms with E-state index < -0.39 is 5.82 Å². The van der Waals surface area contributed by atoms with E-state index in [1.807, 2.05) is 0 Å². The van der Waals surface area contributed by atoms with E-state index in [0.717, 1.165) is 0 Å². The summed E-state index contributed by atoms with van der Waals surface area (Å²) in [6, 6.07) is 6.00.